The molecule has 0 aromatic heterocycles. The summed E-state index contributed by atoms with van der Waals surface area (Å²) >= 11 is 3.54. The lowest BCUT2D eigenvalue weighted by Crippen LogP contribution is -2.11. The van der Waals surface area contributed by atoms with Crippen molar-refractivity contribution in [2.45, 2.75) is 44.4 Å². The summed E-state index contributed by atoms with van der Waals surface area (Å²) in [6.07, 6.45) is 7.08. The molecule has 2 atom stereocenters. The Morgan fingerprint density at radius 1 is 1.24 bits per heavy atom. The zero-order valence-corrected chi connectivity index (χ0v) is 11.6. The number of rotatable bonds is 2. The van der Waals surface area contributed by atoms with Crippen LogP contribution in [0.1, 0.15) is 50.0 Å². The van der Waals surface area contributed by atoms with E-state index in [1.807, 2.05) is 0 Å². The zero-order chi connectivity index (χ0) is 12.1. The topological polar surface area (TPSA) is 23.8 Å². The van der Waals surface area contributed by atoms with Crippen LogP contribution in [0.15, 0.2) is 28.7 Å². The van der Waals surface area contributed by atoms with E-state index >= 15 is 0 Å². The molecule has 2 heteroatoms. The van der Waals surface area contributed by atoms with Crippen molar-refractivity contribution in [1.82, 2.24) is 0 Å². The minimum absolute atomic E-state index is 0.553. The normalized spacial score (nSPS) is 24.9. The Morgan fingerprint density at radius 2 is 2.06 bits per heavy atom. The number of nitrogens with zero attached hydrogens (tertiary/aromatic N) is 1. The maximum Gasteiger partial charge on any atom is 0.0624 e. The summed E-state index contributed by atoms with van der Waals surface area (Å²) in [6.45, 7) is 0. The maximum atomic E-state index is 8.97. The molecular weight excluding hydrogens is 274 g/mol. The highest BCUT2D eigenvalue weighted by atomic mass is 79.9. The second kappa shape index (κ2) is 6.21. The quantitative estimate of drug-likeness (QED) is 0.701. The van der Waals surface area contributed by atoms with Crippen molar-refractivity contribution in [3.63, 3.8) is 0 Å². The van der Waals surface area contributed by atoms with Crippen LogP contribution < -0.4 is 0 Å². The first-order valence-electron chi connectivity index (χ1n) is 6.43. The van der Waals surface area contributed by atoms with Crippen molar-refractivity contribution in [2.75, 3.05) is 0 Å². The van der Waals surface area contributed by atoms with Gasteiger partial charge in [0, 0.05) is 10.9 Å². The highest BCUT2D eigenvalue weighted by Gasteiger charge is 2.24. The second-order valence-electron chi connectivity index (χ2n) is 4.92. The molecule has 1 saturated carbocycles. The Labute approximate surface area is 112 Å². The predicted molar refractivity (Wildman–Crippen MR) is 73.7 cm³/mol. The molecule has 0 heterocycles. The molecule has 0 spiro atoms. The van der Waals surface area contributed by atoms with E-state index in [0.29, 0.717) is 18.3 Å². The molecule has 1 aromatic rings. The molecule has 1 fully saturated rings. The first-order chi connectivity index (χ1) is 8.31. The van der Waals surface area contributed by atoms with E-state index in [1.165, 1.54) is 37.7 Å². The molecule has 90 valence electrons. The predicted octanol–water partition coefficient (Wildman–Crippen LogP) is 5.03. The van der Waals surface area contributed by atoms with E-state index < -0.39 is 0 Å². The van der Waals surface area contributed by atoms with Crippen LogP contribution in [0.3, 0.4) is 0 Å². The third-order valence-electron chi connectivity index (χ3n) is 3.79. The first-order valence-corrected chi connectivity index (χ1v) is 7.23. The lowest BCUT2D eigenvalue weighted by molar-refractivity contribution is 0.406. The van der Waals surface area contributed by atoms with Gasteiger partial charge in [-0.05, 0) is 42.4 Å². The van der Waals surface area contributed by atoms with E-state index in [9.17, 15) is 0 Å². The second-order valence-corrected chi connectivity index (χ2v) is 5.84. The molecule has 0 amide bonds. The minimum Gasteiger partial charge on any atom is -0.198 e. The lowest BCUT2D eigenvalue weighted by Gasteiger charge is -2.23. The molecule has 1 aliphatic rings. The van der Waals surface area contributed by atoms with Crippen LogP contribution in [0.2, 0.25) is 0 Å². The molecule has 0 aliphatic heterocycles. The molecule has 0 radical (unpaired) electrons. The fraction of sp³-hybridized carbons (Fsp3) is 0.533. The fourth-order valence-electron chi connectivity index (χ4n) is 2.92. The van der Waals surface area contributed by atoms with Crippen molar-refractivity contribution in [1.29, 1.82) is 5.26 Å². The molecule has 17 heavy (non-hydrogen) atoms. The molecule has 2 rings (SSSR count). The van der Waals surface area contributed by atoms with Crippen molar-refractivity contribution in [2.24, 2.45) is 5.92 Å². The molecule has 0 N–H and O–H groups in total. The van der Waals surface area contributed by atoms with Crippen LogP contribution in [-0.4, -0.2) is 0 Å². The highest BCUT2D eigenvalue weighted by Crippen LogP contribution is 2.38. The summed E-state index contributed by atoms with van der Waals surface area (Å²) in [7, 11) is 0. The average molecular weight is 292 g/mol. The molecule has 0 bridgehead atoms. The van der Waals surface area contributed by atoms with E-state index in [2.05, 4.69) is 46.3 Å². The monoisotopic (exact) mass is 291 g/mol. The SMILES string of the molecule is N#CCC1CCCCCC1c1cccc(Br)c1. The van der Waals surface area contributed by atoms with Gasteiger partial charge in [0.05, 0.1) is 6.07 Å². The smallest absolute Gasteiger partial charge is 0.0624 e. The number of hydrogen-bond donors (Lipinski definition) is 0. The van der Waals surface area contributed by atoms with Gasteiger partial charge in [0.1, 0.15) is 0 Å². The summed E-state index contributed by atoms with van der Waals surface area (Å²) in [5.74, 6) is 1.13. The van der Waals surface area contributed by atoms with Crippen molar-refractivity contribution in [3.05, 3.63) is 34.3 Å². The maximum absolute atomic E-state index is 8.97. The van der Waals surface area contributed by atoms with Gasteiger partial charge in [0.25, 0.3) is 0 Å². The highest BCUT2D eigenvalue weighted by molar-refractivity contribution is 9.10. The summed E-state index contributed by atoms with van der Waals surface area (Å²) < 4.78 is 1.15. The summed E-state index contributed by atoms with van der Waals surface area (Å²) in [4.78, 5) is 0. The van der Waals surface area contributed by atoms with Crippen molar-refractivity contribution in [3.8, 4) is 6.07 Å². The molecular formula is C15H18BrN. The Kier molecular flexibility index (Phi) is 4.62. The third-order valence-corrected chi connectivity index (χ3v) is 4.28. The van der Waals surface area contributed by atoms with Crippen LogP contribution in [0.25, 0.3) is 0 Å². The number of hydrogen-bond acceptors (Lipinski definition) is 1. The van der Waals surface area contributed by atoms with Gasteiger partial charge in [-0.25, -0.2) is 0 Å². The summed E-state index contributed by atoms with van der Waals surface area (Å²) in [6, 6.07) is 11.0. The Bertz CT molecular complexity index is 408. The van der Waals surface area contributed by atoms with E-state index in [0.717, 1.165) is 4.47 Å². The van der Waals surface area contributed by atoms with Gasteiger partial charge in [-0.15, -0.1) is 0 Å². The van der Waals surface area contributed by atoms with E-state index in [-0.39, 0.29) is 0 Å². The summed E-state index contributed by atoms with van der Waals surface area (Å²) in [5, 5.41) is 8.97. The van der Waals surface area contributed by atoms with Gasteiger partial charge < -0.3 is 0 Å². The van der Waals surface area contributed by atoms with Gasteiger partial charge in [-0.1, -0.05) is 47.3 Å². The molecule has 0 saturated heterocycles. The van der Waals surface area contributed by atoms with E-state index in [4.69, 9.17) is 5.26 Å². The molecule has 1 aromatic carbocycles. The van der Waals surface area contributed by atoms with Gasteiger partial charge in [0.2, 0.25) is 0 Å². The standard InChI is InChI=1S/C15H18BrN/c16-14-7-4-6-13(11-14)15-8-3-1-2-5-12(15)9-10-17/h4,6-7,11-12,15H,1-3,5,8-9H2. The first kappa shape index (κ1) is 12.6. The van der Waals surface area contributed by atoms with Gasteiger partial charge in [0.15, 0.2) is 0 Å². The van der Waals surface area contributed by atoms with Crippen molar-refractivity contribution >= 4 is 15.9 Å². The summed E-state index contributed by atoms with van der Waals surface area (Å²) in [5.41, 5.74) is 1.40. The van der Waals surface area contributed by atoms with Gasteiger partial charge in [-0.2, -0.15) is 5.26 Å². The molecule has 1 aliphatic carbocycles. The fourth-order valence-corrected chi connectivity index (χ4v) is 3.34. The number of halogens is 1. The zero-order valence-electron chi connectivity index (χ0n) is 10.0. The Hall–Kier alpha value is -0.810. The van der Waals surface area contributed by atoms with Gasteiger partial charge >= 0.3 is 0 Å². The van der Waals surface area contributed by atoms with Crippen LogP contribution >= 0.6 is 15.9 Å². The van der Waals surface area contributed by atoms with Gasteiger partial charge in [-0.3, -0.25) is 0 Å². The number of benzene rings is 1. The average Bonchev–Trinajstić information content (AvgIpc) is 2.55. The minimum atomic E-state index is 0.553. The van der Waals surface area contributed by atoms with Crippen LogP contribution in [0, 0.1) is 17.2 Å². The Balaban J connectivity index is 2.22. The number of nitriles is 1. The Morgan fingerprint density at radius 3 is 2.82 bits per heavy atom. The van der Waals surface area contributed by atoms with Crippen LogP contribution in [0.4, 0.5) is 0 Å². The van der Waals surface area contributed by atoms with Crippen LogP contribution in [0.5, 0.6) is 0 Å². The molecule has 1 nitrogen and oxygen atoms in total. The van der Waals surface area contributed by atoms with E-state index in [1.54, 1.807) is 0 Å². The largest absolute Gasteiger partial charge is 0.198 e. The lowest BCUT2D eigenvalue weighted by atomic mass is 9.81. The molecule has 2 unspecified atom stereocenters. The van der Waals surface area contributed by atoms with Crippen molar-refractivity contribution < 1.29 is 0 Å². The third kappa shape index (κ3) is 3.33. The van der Waals surface area contributed by atoms with Crippen LogP contribution in [-0.2, 0) is 0 Å².